The van der Waals surface area contributed by atoms with Crippen LogP contribution in [0.3, 0.4) is 0 Å². The van der Waals surface area contributed by atoms with Crippen molar-refractivity contribution >= 4 is 45.8 Å². The molecule has 2 N–H and O–H groups in total. The molecule has 0 spiro atoms. The van der Waals surface area contributed by atoms with Gasteiger partial charge in [-0.15, -0.1) is 0 Å². The van der Waals surface area contributed by atoms with Crippen LogP contribution in [-0.4, -0.2) is 16.8 Å². The van der Waals surface area contributed by atoms with Gasteiger partial charge in [-0.1, -0.05) is 128 Å². The fourth-order valence-corrected chi connectivity index (χ4v) is 10.4. The van der Waals surface area contributed by atoms with Gasteiger partial charge in [-0.25, -0.2) is 0 Å². The van der Waals surface area contributed by atoms with Crippen LogP contribution in [0.1, 0.15) is 26.2 Å². The molecular formula is C39H36NOP. The third kappa shape index (κ3) is 4.95. The van der Waals surface area contributed by atoms with Crippen molar-refractivity contribution in [2.24, 2.45) is 5.92 Å². The first-order valence-corrected chi connectivity index (χ1v) is 16.5. The lowest BCUT2D eigenvalue weighted by molar-refractivity contribution is 0.478. The first-order chi connectivity index (χ1) is 20.7. The van der Waals surface area contributed by atoms with E-state index in [2.05, 4.69) is 134 Å². The van der Waals surface area contributed by atoms with Crippen LogP contribution in [0, 0.1) is 5.92 Å². The lowest BCUT2D eigenvalue weighted by atomic mass is 9.90. The Balaban J connectivity index is 1.31. The monoisotopic (exact) mass is 565 g/mol. The van der Waals surface area contributed by atoms with E-state index in [1.807, 2.05) is 12.1 Å². The maximum absolute atomic E-state index is 11.3. The molecule has 2 unspecified atom stereocenters. The van der Waals surface area contributed by atoms with E-state index in [0.717, 1.165) is 33.0 Å². The van der Waals surface area contributed by atoms with Crippen molar-refractivity contribution in [2.75, 3.05) is 5.32 Å². The van der Waals surface area contributed by atoms with Crippen LogP contribution >= 0.6 is 7.92 Å². The molecule has 7 rings (SSSR count). The Hall–Kier alpha value is -4.13. The van der Waals surface area contributed by atoms with E-state index in [0.29, 0.717) is 17.3 Å². The van der Waals surface area contributed by atoms with Crippen molar-refractivity contribution < 1.29 is 5.11 Å². The predicted octanol–water partition coefficient (Wildman–Crippen LogP) is 9.47. The highest BCUT2D eigenvalue weighted by atomic mass is 31.1. The topological polar surface area (TPSA) is 32.3 Å². The number of aromatic hydroxyl groups is 1. The molecule has 0 bridgehead atoms. The Morgan fingerprint density at radius 3 is 1.81 bits per heavy atom. The molecule has 3 heteroatoms. The zero-order chi connectivity index (χ0) is 28.5. The fourth-order valence-electron chi connectivity index (χ4n) is 7.12. The minimum absolute atomic E-state index is 0.270. The molecule has 1 fully saturated rings. The van der Waals surface area contributed by atoms with Gasteiger partial charge >= 0.3 is 0 Å². The number of phenolic OH excluding ortho intramolecular Hbond substituents is 1. The summed E-state index contributed by atoms with van der Waals surface area (Å²) in [4.78, 5) is 0. The van der Waals surface area contributed by atoms with Crippen molar-refractivity contribution in [2.45, 2.75) is 37.9 Å². The van der Waals surface area contributed by atoms with Gasteiger partial charge in [-0.3, -0.25) is 0 Å². The van der Waals surface area contributed by atoms with Crippen LogP contribution in [0.5, 0.6) is 5.75 Å². The van der Waals surface area contributed by atoms with Crippen LogP contribution in [-0.2, 0) is 0 Å². The highest BCUT2D eigenvalue weighted by Crippen LogP contribution is 2.52. The number of fused-ring (bicyclic) bond motifs is 2. The molecule has 208 valence electrons. The number of hydrogen-bond acceptors (Lipinski definition) is 2. The number of rotatable bonds is 7. The molecule has 6 aromatic rings. The molecule has 1 saturated carbocycles. The van der Waals surface area contributed by atoms with Gasteiger partial charge in [0.25, 0.3) is 0 Å². The van der Waals surface area contributed by atoms with Gasteiger partial charge in [0.2, 0.25) is 0 Å². The zero-order valence-corrected chi connectivity index (χ0v) is 24.8. The third-order valence-electron chi connectivity index (χ3n) is 9.04. The van der Waals surface area contributed by atoms with Gasteiger partial charge in [0.1, 0.15) is 5.75 Å². The first kappa shape index (κ1) is 26.7. The summed E-state index contributed by atoms with van der Waals surface area (Å²) < 4.78 is 0. The van der Waals surface area contributed by atoms with E-state index in [4.69, 9.17) is 0 Å². The van der Waals surface area contributed by atoms with E-state index >= 15 is 0 Å². The van der Waals surface area contributed by atoms with E-state index in [1.54, 1.807) is 0 Å². The SMILES string of the molecule is C[C@@H](Nc1ccc2ccccc2c1-c1c(O)ccc2ccccc12)C1CCCC1P(c1ccccc1)c1ccccc1. The van der Waals surface area contributed by atoms with Crippen molar-refractivity contribution in [3.63, 3.8) is 0 Å². The normalized spacial score (nSPS) is 17.6. The van der Waals surface area contributed by atoms with Crippen LogP contribution in [0.2, 0.25) is 0 Å². The molecule has 1 aliphatic carbocycles. The molecule has 3 atom stereocenters. The lowest BCUT2D eigenvalue weighted by Crippen LogP contribution is -2.34. The summed E-state index contributed by atoms with van der Waals surface area (Å²) in [5, 5.41) is 22.8. The lowest BCUT2D eigenvalue weighted by Gasteiger charge is -2.34. The molecule has 0 heterocycles. The van der Waals surface area contributed by atoms with Crippen LogP contribution in [0.15, 0.2) is 133 Å². The van der Waals surface area contributed by atoms with E-state index in [9.17, 15) is 5.11 Å². The van der Waals surface area contributed by atoms with Gasteiger partial charge in [0, 0.05) is 22.9 Å². The molecule has 0 aliphatic heterocycles. The number of anilines is 1. The molecule has 0 amide bonds. The molecule has 0 saturated heterocycles. The quantitative estimate of drug-likeness (QED) is 0.189. The van der Waals surface area contributed by atoms with Gasteiger partial charge in [0.05, 0.1) is 0 Å². The predicted molar refractivity (Wildman–Crippen MR) is 182 cm³/mol. The summed E-state index contributed by atoms with van der Waals surface area (Å²) in [5.41, 5.74) is 3.67. The Labute approximate surface area is 249 Å². The van der Waals surface area contributed by atoms with E-state index < -0.39 is 7.92 Å². The Bertz CT molecular complexity index is 1800. The number of hydrogen-bond donors (Lipinski definition) is 2. The molecule has 2 nitrogen and oxygen atoms in total. The van der Waals surface area contributed by atoms with Crippen LogP contribution in [0.4, 0.5) is 5.69 Å². The van der Waals surface area contributed by atoms with Gasteiger partial charge in [-0.05, 0) is 83.6 Å². The van der Waals surface area contributed by atoms with Crippen LogP contribution in [0.25, 0.3) is 32.7 Å². The van der Waals surface area contributed by atoms with E-state index in [-0.39, 0.29) is 6.04 Å². The van der Waals surface area contributed by atoms with E-state index in [1.165, 1.54) is 35.3 Å². The second-order valence-electron chi connectivity index (χ2n) is 11.5. The average Bonchev–Trinajstić information content (AvgIpc) is 3.52. The largest absolute Gasteiger partial charge is 0.507 e. The standard InChI is InChI=1S/C39H36NOP/c1-27(32-21-12-22-37(32)42(30-15-4-2-5-16-30)31-17-6-3-7-18-31)40-35-25-23-28-13-8-10-19-33(28)38(35)39-34-20-11-9-14-29(34)24-26-36(39)41/h2-11,13-20,23-27,32,37,40-41H,12,21-22H2,1H3/t27-,32?,37?/m1/s1. The zero-order valence-electron chi connectivity index (χ0n) is 23.9. The van der Waals surface area contributed by atoms with Crippen molar-refractivity contribution in [3.05, 3.63) is 133 Å². The number of benzene rings is 6. The van der Waals surface area contributed by atoms with Crippen molar-refractivity contribution in [1.82, 2.24) is 0 Å². The third-order valence-corrected chi connectivity index (χ3v) is 12.1. The summed E-state index contributed by atoms with van der Waals surface area (Å²) in [7, 11) is -0.487. The molecule has 1 aliphatic rings. The maximum Gasteiger partial charge on any atom is 0.124 e. The first-order valence-electron chi connectivity index (χ1n) is 15.1. The Morgan fingerprint density at radius 2 is 1.17 bits per heavy atom. The van der Waals surface area contributed by atoms with Gasteiger partial charge in [0.15, 0.2) is 0 Å². The number of nitrogens with one attached hydrogen (secondary N) is 1. The summed E-state index contributed by atoms with van der Waals surface area (Å²) >= 11 is 0. The highest BCUT2D eigenvalue weighted by Gasteiger charge is 2.38. The maximum atomic E-state index is 11.3. The smallest absolute Gasteiger partial charge is 0.124 e. The molecule has 42 heavy (non-hydrogen) atoms. The highest BCUT2D eigenvalue weighted by molar-refractivity contribution is 7.73. The molecule has 0 radical (unpaired) electrons. The fraction of sp³-hybridized carbons (Fsp3) is 0.179. The summed E-state index contributed by atoms with van der Waals surface area (Å²) in [6, 6.07) is 47.8. The second kappa shape index (κ2) is 11.6. The van der Waals surface area contributed by atoms with Crippen molar-refractivity contribution in [3.8, 4) is 16.9 Å². The molecule has 0 aromatic heterocycles. The summed E-state index contributed by atoms with van der Waals surface area (Å²) in [6.07, 6.45) is 3.73. The molecule has 6 aromatic carbocycles. The Kier molecular flexibility index (Phi) is 7.41. The van der Waals surface area contributed by atoms with Crippen LogP contribution < -0.4 is 15.9 Å². The minimum Gasteiger partial charge on any atom is -0.507 e. The summed E-state index contributed by atoms with van der Waals surface area (Å²) in [5.74, 6) is 0.855. The van der Waals surface area contributed by atoms with Gasteiger partial charge < -0.3 is 10.4 Å². The number of phenols is 1. The molecular weight excluding hydrogens is 529 g/mol. The van der Waals surface area contributed by atoms with Crippen molar-refractivity contribution in [1.29, 1.82) is 0 Å². The second-order valence-corrected chi connectivity index (χ2v) is 14.0. The minimum atomic E-state index is -0.487. The Morgan fingerprint density at radius 1 is 0.619 bits per heavy atom. The van der Waals surface area contributed by atoms with Gasteiger partial charge in [-0.2, -0.15) is 0 Å². The summed E-state index contributed by atoms with van der Waals surface area (Å²) in [6.45, 7) is 2.37. The average molecular weight is 566 g/mol.